The number of ether oxygens (including phenoxy) is 4. The molecule has 1 spiro atoms. The van der Waals surface area contributed by atoms with Gasteiger partial charge in [-0.1, -0.05) is 38.5 Å². The molecule has 0 radical (unpaired) electrons. The Balaban J connectivity index is 1.19. The highest BCUT2D eigenvalue weighted by Crippen LogP contribution is 2.65. The Morgan fingerprint density at radius 1 is 0.774 bits per heavy atom. The molecule has 0 bridgehead atoms. The molecule has 5 heterocycles. The first-order valence-corrected chi connectivity index (χ1v) is 24.8. The number of allylic oxidation sites excluding steroid dienone is 1. The fourth-order valence-electron chi connectivity index (χ4n) is 14.1. The quantitative estimate of drug-likeness (QED) is 0.201. The summed E-state index contributed by atoms with van der Waals surface area (Å²) in [6.45, 7) is 4.58. The Hall–Kier alpha value is -2.66. The van der Waals surface area contributed by atoms with Gasteiger partial charge < -0.3 is 29.0 Å². The van der Waals surface area contributed by atoms with Crippen molar-refractivity contribution in [3.05, 3.63) is 11.3 Å². The van der Waals surface area contributed by atoms with Crippen LogP contribution in [-0.4, -0.2) is 158 Å². The van der Waals surface area contributed by atoms with Crippen molar-refractivity contribution < 1.29 is 43.2 Å². The summed E-state index contributed by atoms with van der Waals surface area (Å²) < 4.78 is 24.1. The number of fused-ring (bicyclic) bond motifs is 2. The van der Waals surface area contributed by atoms with E-state index < -0.39 is 29.5 Å². The lowest BCUT2D eigenvalue weighted by Gasteiger charge is -2.53. The molecule has 4 aliphatic carbocycles. The number of nitrogens with one attached hydrogen (secondary N) is 2. The number of imide groups is 1. The molecule has 9 aliphatic rings. The van der Waals surface area contributed by atoms with E-state index in [0.717, 1.165) is 115 Å². The van der Waals surface area contributed by atoms with Gasteiger partial charge in [0.25, 0.3) is 0 Å². The van der Waals surface area contributed by atoms with Gasteiger partial charge in [-0.05, 0) is 120 Å². The Labute approximate surface area is 368 Å². The molecular formula is C47H74N6O9. The number of carbonyl (C=O) groups excluding carboxylic acids is 4. The zero-order valence-corrected chi connectivity index (χ0v) is 37.3. The van der Waals surface area contributed by atoms with Crippen LogP contribution in [0.2, 0.25) is 0 Å². The van der Waals surface area contributed by atoms with Gasteiger partial charge in [0.2, 0.25) is 11.8 Å². The monoisotopic (exact) mass is 867 g/mol. The van der Waals surface area contributed by atoms with Gasteiger partial charge in [0, 0.05) is 45.0 Å². The average molecular weight is 867 g/mol. The van der Waals surface area contributed by atoms with Gasteiger partial charge in [0.15, 0.2) is 0 Å². The third-order valence-electron chi connectivity index (χ3n) is 16.7. The number of hydrogen-bond acceptors (Lipinski definition) is 13. The van der Waals surface area contributed by atoms with Gasteiger partial charge in [0.05, 0.1) is 37.9 Å². The Morgan fingerprint density at radius 2 is 1.45 bits per heavy atom. The molecule has 0 aromatic carbocycles. The van der Waals surface area contributed by atoms with Gasteiger partial charge in [-0.3, -0.25) is 34.8 Å². The van der Waals surface area contributed by atoms with Crippen molar-refractivity contribution >= 4 is 23.9 Å². The number of nitrogens with zero attached hydrogens (tertiary/aromatic N) is 4. The van der Waals surface area contributed by atoms with Crippen LogP contribution in [0.15, 0.2) is 11.3 Å². The van der Waals surface area contributed by atoms with Crippen LogP contribution in [-0.2, 0) is 33.3 Å². The number of esters is 1. The van der Waals surface area contributed by atoms with Gasteiger partial charge in [-0.15, -0.1) is 0 Å². The molecule has 15 nitrogen and oxygen atoms in total. The highest BCUT2D eigenvalue weighted by Gasteiger charge is 2.77. The SMILES string of the molecule is COCCOC(=O)N1C(=O)[C@@]2(C3=C1CCCC3)[C@H](C(=O)N1CCN(C3NCCCN3)CC1)[C@H]1C(=O)O[C@H](C3CCCCC3)[C@H](C3CCCCC3)N1[C@@H]2C1CCC(OCCO)CC1. The molecule has 3 N–H and O–H groups in total. The van der Waals surface area contributed by atoms with Crippen molar-refractivity contribution in [2.75, 3.05) is 72.8 Å². The van der Waals surface area contributed by atoms with Gasteiger partial charge >= 0.3 is 12.1 Å². The van der Waals surface area contributed by atoms with E-state index in [1.165, 1.54) is 17.7 Å². The van der Waals surface area contributed by atoms with Gasteiger partial charge in [-0.25, -0.2) is 9.69 Å². The normalized spacial score (nSPS) is 35.9. The average Bonchev–Trinajstić information content (AvgIpc) is 3.78. The van der Waals surface area contributed by atoms with Crippen molar-refractivity contribution in [3.8, 4) is 0 Å². The molecule has 346 valence electrons. The number of rotatable bonds is 11. The summed E-state index contributed by atoms with van der Waals surface area (Å²) in [4.78, 5) is 70.3. The van der Waals surface area contributed by atoms with E-state index in [2.05, 4.69) is 20.4 Å². The molecule has 9 rings (SSSR count). The van der Waals surface area contributed by atoms with E-state index in [1.54, 1.807) is 7.11 Å². The lowest BCUT2D eigenvalue weighted by molar-refractivity contribution is -0.191. The molecule has 62 heavy (non-hydrogen) atoms. The van der Waals surface area contributed by atoms with Crippen molar-refractivity contribution in [2.45, 2.75) is 159 Å². The Morgan fingerprint density at radius 3 is 2.13 bits per heavy atom. The summed E-state index contributed by atoms with van der Waals surface area (Å²) in [7, 11) is 1.55. The molecule has 0 unspecified atom stereocenters. The zero-order chi connectivity index (χ0) is 42.8. The third kappa shape index (κ3) is 8.16. The van der Waals surface area contributed by atoms with Crippen LogP contribution in [0, 0.1) is 29.1 Å². The van der Waals surface area contributed by atoms with Crippen LogP contribution in [0.25, 0.3) is 0 Å². The van der Waals surface area contributed by atoms with E-state index in [0.29, 0.717) is 44.7 Å². The number of methoxy groups -OCH3 is 1. The number of aliphatic hydroxyl groups is 1. The van der Waals surface area contributed by atoms with Crippen LogP contribution in [0.4, 0.5) is 4.79 Å². The van der Waals surface area contributed by atoms with E-state index in [1.807, 2.05) is 4.90 Å². The molecule has 5 aliphatic heterocycles. The molecule has 4 saturated heterocycles. The van der Waals surface area contributed by atoms with Crippen LogP contribution in [0.5, 0.6) is 0 Å². The molecule has 6 atom stereocenters. The number of piperazine rings is 1. The van der Waals surface area contributed by atoms with Crippen molar-refractivity contribution in [2.24, 2.45) is 29.1 Å². The number of aliphatic hydroxyl groups excluding tert-OH is 1. The van der Waals surface area contributed by atoms with Crippen molar-refractivity contribution in [3.63, 3.8) is 0 Å². The summed E-state index contributed by atoms with van der Waals surface area (Å²) in [6.07, 6.45) is 16.7. The Bertz CT molecular complexity index is 1630. The van der Waals surface area contributed by atoms with E-state index in [-0.39, 0.29) is 86.5 Å². The summed E-state index contributed by atoms with van der Waals surface area (Å²) in [5.41, 5.74) is 0.113. The topological polar surface area (TPSA) is 162 Å². The number of morpholine rings is 1. The molecule has 7 fully saturated rings. The van der Waals surface area contributed by atoms with E-state index in [9.17, 15) is 9.90 Å². The summed E-state index contributed by atoms with van der Waals surface area (Å²) in [6, 6.07) is -1.57. The number of amides is 3. The highest BCUT2D eigenvalue weighted by molar-refractivity contribution is 6.07. The fraction of sp³-hybridized carbons (Fsp3) is 0.872. The minimum Gasteiger partial charge on any atom is -0.459 e. The van der Waals surface area contributed by atoms with Crippen LogP contribution < -0.4 is 10.6 Å². The summed E-state index contributed by atoms with van der Waals surface area (Å²) in [5.74, 6) is -1.53. The lowest BCUT2D eigenvalue weighted by Crippen LogP contribution is -2.66. The first kappa shape index (κ1) is 44.5. The second kappa shape index (κ2) is 19.8. The maximum absolute atomic E-state index is 16.3. The molecule has 0 aromatic heterocycles. The molecule has 3 amide bonds. The molecule has 0 aromatic rings. The van der Waals surface area contributed by atoms with Crippen molar-refractivity contribution in [1.29, 1.82) is 0 Å². The number of cyclic esters (lactones) is 1. The number of carbonyl (C=O) groups is 4. The van der Waals surface area contributed by atoms with E-state index >= 15 is 14.4 Å². The molecule has 3 saturated carbocycles. The number of hydrogen-bond donors (Lipinski definition) is 3. The molecule has 15 heteroatoms. The largest absolute Gasteiger partial charge is 0.459 e. The second-order valence-corrected chi connectivity index (χ2v) is 19.9. The second-order valence-electron chi connectivity index (χ2n) is 19.9. The maximum atomic E-state index is 16.3. The van der Waals surface area contributed by atoms with Gasteiger partial charge in [0.1, 0.15) is 30.5 Å². The smallest absolute Gasteiger partial charge is 0.421 e. The fourth-order valence-corrected chi connectivity index (χ4v) is 14.1. The summed E-state index contributed by atoms with van der Waals surface area (Å²) >= 11 is 0. The minimum atomic E-state index is -1.45. The Kier molecular flexibility index (Phi) is 14.2. The minimum absolute atomic E-state index is 0.00124. The van der Waals surface area contributed by atoms with Crippen LogP contribution in [0.1, 0.15) is 122 Å². The third-order valence-corrected chi connectivity index (χ3v) is 16.7. The summed E-state index contributed by atoms with van der Waals surface area (Å²) in [5, 5.41) is 16.8. The first-order chi connectivity index (χ1) is 30.4. The zero-order valence-electron chi connectivity index (χ0n) is 37.3. The van der Waals surface area contributed by atoms with Crippen LogP contribution >= 0.6 is 0 Å². The predicted molar refractivity (Wildman–Crippen MR) is 229 cm³/mol. The standard InChI is InChI=1S/C47H74N6O9/c1-59-29-30-61-46(58)52-36-16-9-8-15-35(36)47(44(52)57)37(42(55)50-23-25-51(26-24-50)45-48-21-10-22-49-45)39-43(56)62-40(32-13-6-3-7-14-32)38(31-11-4-2-5-12-31)53(39)41(47)33-17-19-34(20-18-33)60-28-27-54/h31-34,37-41,45,48-49,54H,2-30H2,1H3/t33?,34?,37-,38-,39-,40+,41+,47-/m0/s1. The highest BCUT2D eigenvalue weighted by atomic mass is 16.6. The van der Waals surface area contributed by atoms with E-state index in [4.69, 9.17) is 18.9 Å². The predicted octanol–water partition coefficient (Wildman–Crippen LogP) is 4.13. The van der Waals surface area contributed by atoms with Crippen molar-refractivity contribution in [1.82, 2.24) is 30.2 Å². The van der Waals surface area contributed by atoms with Gasteiger partial charge in [-0.2, -0.15) is 0 Å². The van der Waals surface area contributed by atoms with Crippen LogP contribution in [0.3, 0.4) is 0 Å². The maximum Gasteiger partial charge on any atom is 0.421 e. The molecular weight excluding hydrogens is 793 g/mol. The first-order valence-electron chi connectivity index (χ1n) is 24.8. The lowest BCUT2D eigenvalue weighted by atomic mass is 9.60.